The van der Waals surface area contributed by atoms with Gasteiger partial charge in [-0.2, -0.15) is 0 Å². The molecule has 0 N–H and O–H groups in total. The van der Waals surface area contributed by atoms with Crippen LogP contribution in [0.5, 0.6) is 0 Å². The van der Waals surface area contributed by atoms with Gasteiger partial charge < -0.3 is 4.90 Å². The van der Waals surface area contributed by atoms with Crippen LogP contribution in [0.1, 0.15) is 37.7 Å². The van der Waals surface area contributed by atoms with Crippen molar-refractivity contribution in [3.05, 3.63) is 33.8 Å². The van der Waals surface area contributed by atoms with Crippen molar-refractivity contribution in [1.82, 2.24) is 4.90 Å². The van der Waals surface area contributed by atoms with Crippen molar-refractivity contribution in [3.63, 3.8) is 0 Å². The average Bonchev–Trinajstić information content (AvgIpc) is 3.18. The van der Waals surface area contributed by atoms with Crippen LogP contribution >= 0.6 is 23.2 Å². The van der Waals surface area contributed by atoms with Gasteiger partial charge in [0.25, 0.3) is 0 Å². The van der Waals surface area contributed by atoms with Crippen molar-refractivity contribution in [2.24, 2.45) is 17.8 Å². The van der Waals surface area contributed by atoms with Crippen LogP contribution in [-0.4, -0.2) is 23.4 Å². The molecule has 4 rings (SSSR count). The minimum Gasteiger partial charge on any atom is -0.339 e. The molecule has 0 aromatic heterocycles. The highest BCUT2D eigenvalue weighted by molar-refractivity contribution is 6.35. The van der Waals surface area contributed by atoms with Crippen LogP contribution < -0.4 is 0 Å². The molecule has 2 nitrogen and oxygen atoms in total. The Bertz CT molecular complexity index is 603. The minimum absolute atomic E-state index is 0.0952. The first kappa shape index (κ1) is 14.8. The zero-order valence-corrected chi connectivity index (χ0v) is 14.1. The number of nitrogens with zero attached hydrogens (tertiary/aromatic N) is 1. The Balaban J connectivity index is 1.45. The number of halogens is 2. The van der Waals surface area contributed by atoms with Crippen molar-refractivity contribution in [3.8, 4) is 0 Å². The summed E-state index contributed by atoms with van der Waals surface area (Å²) in [5, 5.41) is 1.33. The molecule has 0 spiro atoms. The van der Waals surface area contributed by atoms with Crippen molar-refractivity contribution in [2.75, 3.05) is 6.54 Å². The summed E-state index contributed by atoms with van der Waals surface area (Å²) in [7, 11) is 0. The lowest BCUT2D eigenvalue weighted by molar-refractivity contribution is -0.133. The summed E-state index contributed by atoms with van der Waals surface area (Å²) in [4.78, 5) is 15.0. The Labute approximate surface area is 141 Å². The molecule has 118 valence electrons. The molecule has 2 bridgehead atoms. The summed E-state index contributed by atoms with van der Waals surface area (Å²) >= 11 is 12.2. The van der Waals surface area contributed by atoms with Crippen molar-refractivity contribution in [1.29, 1.82) is 0 Å². The molecule has 1 aliphatic heterocycles. The van der Waals surface area contributed by atoms with Crippen molar-refractivity contribution < 1.29 is 4.79 Å². The number of fused-ring (bicyclic) bond motifs is 2. The van der Waals surface area contributed by atoms with E-state index in [1.165, 1.54) is 25.7 Å². The molecule has 1 unspecified atom stereocenters. The van der Waals surface area contributed by atoms with E-state index in [0.29, 0.717) is 22.0 Å². The number of rotatable bonds is 3. The summed E-state index contributed by atoms with van der Waals surface area (Å²) in [5.41, 5.74) is 1.04. The van der Waals surface area contributed by atoms with Gasteiger partial charge in [0.15, 0.2) is 0 Å². The maximum atomic E-state index is 12.8. The van der Waals surface area contributed by atoms with Gasteiger partial charge in [0.05, 0.1) is 0 Å². The zero-order valence-electron chi connectivity index (χ0n) is 12.6. The van der Waals surface area contributed by atoms with Gasteiger partial charge in [-0.1, -0.05) is 35.7 Å². The lowest BCUT2D eigenvalue weighted by Crippen LogP contribution is -2.41. The number of hydrogen-bond donors (Lipinski definition) is 0. The standard InChI is InChI=1S/C18H21Cl2NO/c19-15-4-3-12(16(20)10-15)9-14-5-6-21(18(14)22)17-8-11-1-2-13(17)7-11/h3-4,10-11,13-14,17H,1-2,5-9H2/t11-,13+,14?,17+/m0/s1. The van der Waals surface area contributed by atoms with Crippen LogP contribution in [0.3, 0.4) is 0 Å². The number of carbonyl (C=O) groups is 1. The highest BCUT2D eigenvalue weighted by Gasteiger charge is 2.46. The number of hydrogen-bond acceptors (Lipinski definition) is 1. The third-order valence-electron chi connectivity index (χ3n) is 5.93. The highest BCUT2D eigenvalue weighted by atomic mass is 35.5. The molecule has 1 saturated heterocycles. The molecule has 3 aliphatic rings. The summed E-state index contributed by atoms with van der Waals surface area (Å²) < 4.78 is 0. The van der Waals surface area contributed by atoms with Gasteiger partial charge in [-0.05, 0) is 61.6 Å². The van der Waals surface area contributed by atoms with E-state index in [2.05, 4.69) is 4.90 Å². The number of likely N-dealkylation sites (tertiary alicyclic amines) is 1. The molecule has 4 atom stereocenters. The number of amides is 1. The van der Waals surface area contributed by atoms with Gasteiger partial charge in [-0.25, -0.2) is 0 Å². The quantitative estimate of drug-likeness (QED) is 0.790. The first-order chi connectivity index (χ1) is 10.6. The van der Waals surface area contributed by atoms with Crippen molar-refractivity contribution in [2.45, 2.75) is 44.6 Å². The molecular weight excluding hydrogens is 317 g/mol. The maximum absolute atomic E-state index is 12.8. The molecule has 1 amide bonds. The fourth-order valence-electron chi connectivity index (χ4n) is 4.83. The van der Waals surface area contributed by atoms with Crippen LogP contribution in [0.25, 0.3) is 0 Å². The van der Waals surface area contributed by atoms with Gasteiger partial charge in [-0.3, -0.25) is 4.79 Å². The van der Waals surface area contributed by atoms with Crippen LogP contribution in [-0.2, 0) is 11.2 Å². The fourth-order valence-corrected chi connectivity index (χ4v) is 5.31. The maximum Gasteiger partial charge on any atom is 0.226 e. The van der Waals surface area contributed by atoms with Gasteiger partial charge in [0.1, 0.15) is 0 Å². The lowest BCUT2D eigenvalue weighted by atomic mass is 9.94. The van der Waals surface area contributed by atoms with Crippen LogP contribution in [0.15, 0.2) is 18.2 Å². The summed E-state index contributed by atoms with van der Waals surface area (Å²) in [6, 6.07) is 6.11. The topological polar surface area (TPSA) is 20.3 Å². The molecule has 2 saturated carbocycles. The van der Waals surface area contributed by atoms with Gasteiger partial charge in [-0.15, -0.1) is 0 Å². The third-order valence-corrected chi connectivity index (χ3v) is 6.52. The summed E-state index contributed by atoms with van der Waals surface area (Å²) in [5.74, 6) is 2.10. The van der Waals surface area contributed by atoms with E-state index in [0.717, 1.165) is 36.8 Å². The molecule has 1 aromatic carbocycles. The smallest absolute Gasteiger partial charge is 0.226 e. The van der Waals surface area contributed by atoms with Crippen LogP contribution in [0, 0.1) is 17.8 Å². The highest BCUT2D eigenvalue weighted by Crippen LogP contribution is 2.48. The fraction of sp³-hybridized carbons (Fsp3) is 0.611. The van der Waals surface area contributed by atoms with Crippen LogP contribution in [0.2, 0.25) is 10.0 Å². The third kappa shape index (κ3) is 2.55. The second-order valence-electron chi connectivity index (χ2n) is 7.20. The molecule has 1 heterocycles. The minimum atomic E-state index is 0.0952. The summed E-state index contributed by atoms with van der Waals surface area (Å²) in [6.45, 7) is 0.933. The van der Waals surface area contributed by atoms with Crippen molar-refractivity contribution >= 4 is 29.1 Å². The average molecular weight is 338 g/mol. The second-order valence-corrected chi connectivity index (χ2v) is 8.04. The monoisotopic (exact) mass is 337 g/mol. The molecule has 3 fully saturated rings. The summed E-state index contributed by atoms with van der Waals surface area (Å²) in [6.07, 6.45) is 7.00. The van der Waals surface area contributed by atoms with E-state index in [1.54, 1.807) is 6.07 Å². The molecular formula is C18H21Cl2NO. The van der Waals surface area contributed by atoms with Crippen LogP contribution in [0.4, 0.5) is 0 Å². The second kappa shape index (κ2) is 5.72. The van der Waals surface area contributed by atoms with Gasteiger partial charge >= 0.3 is 0 Å². The normalized spacial score (nSPS) is 33.9. The largest absolute Gasteiger partial charge is 0.339 e. The van der Waals surface area contributed by atoms with Gasteiger partial charge in [0.2, 0.25) is 5.91 Å². The molecule has 4 heteroatoms. The molecule has 0 radical (unpaired) electrons. The van der Waals surface area contributed by atoms with E-state index in [9.17, 15) is 4.79 Å². The predicted octanol–water partition coefficient (Wildman–Crippen LogP) is 4.57. The van der Waals surface area contributed by atoms with E-state index < -0.39 is 0 Å². The van der Waals surface area contributed by atoms with E-state index in [4.69, 9.17) is 23.2 Å². The van der Waals surface area contributed by atoms with E-state index in [1.807, 2.05) is 12.1 Å². The van der Waals surface area contributed by atoms with Gasteiger partial charge in [0, 0.05) is 28.5 Å². The molecule has 22 heavy (non-hydrogen) atoms. The SMILES string of the molecule is O=C1C(Cc2ccc(Cl)cc2Cl)CCN1[C@@H]1C[C@H]2CC[C@@H]1C2. The molecule has 2 aliphatic carbocycles. The Morgan fingerprint density at radius 2 is 2.00 bits per heavy atom. The Kier molecular flexibility index (Phi) is 3.86. The Morgan fingerprint density at radius 3 is 2.68 bits per heavy atom. The first-order valence-corrected chi connectivity index (χ1v) is 9.12. The zero-order chi connectivity index (χ0) is 15.3. The Hall–Kier alpha value is -0.730. The van der Waals surface area contributed by atoms with E-state index >= 15 is 0 Å². The Morgan fingerprint density at radius 1 is 1.14 bits per heavy atom. The number of benzene rings is 1. The first-order valence-electron chi connectivity index (χ1n) is 8.36. The lowest BCUT2D eigenvalue weighted by Gasteiger charge is -2.31. The predicted molar refractivity (Wildman–Crippen MR) is 89.2 cm³/mol. The molecule has 1 aromatic rings. The number of carbonyl (C=O) groups excluding carboxylic acids is 1. The van der Waals surface area contributed by atoms with E-state index in [-0.39, 0.29) is 5.92 Å².